The van der Waals surface area contributed by atoms with Crippen molar-refractivity contribution in [2.75, 3.05) is 26.5 Å². The van der Waals surface area contributed by atoms with Gasteiger partial charge in [0.15, 0.2) is 0 Å². The summed E-state index contributed by atoms with van der Waals surface area (Å²) in [6.07, 6.45) is 5.05. The lowest BCUT2D eigenvalue weighted by atomic mass is 10.2. The van der Waals surface area contributed by atoms with Crippen LogP contribution >= 0.6 is 17.2 Å². The highest BCUT2D eigenvalue weighted by molar-refractivity contribution is 7.41. The van der Waals surface area contributed by atoms with Crippen molar-refractivity contribution in [3.8, 4) is 11.5 Å². The quantitative estimate of drug-likeness (QED) is 0.486. The smallest absolute Gasteiger partial charge is 0.118 e. The van der Waals surface area contributed by atoms with Crippen molar-refractivity contribution < 1.29 is 9.47 Å². The van der Waals surface area contributed by atoms with E-state index >= 15 is 0 Å². The summed E-state index contributed by atoms with van der Waals surface area (Å²) < 4.78 is 10.4. The van der Waals surface area contributed by atoms with Crippen LogP contribution in [-0.4, -0.2) is 26.5 Å². The third kappa shape index (κ3) is 5.95. The fourth-order valence-electron chi connectivity index (χ4n) is 2.13. The first-order valence-corrected chi connectivity index (χ1v) is 10.3. The van der Waals surface area contributed by atoms with Crippen molar-refractivity contribution in [1.29, 1.82) is 0 Å². The second-order valence-electron chi connectivity index (χ2n) is 5.05. The molecule has 0 N–H and O–H groups in total. The van der Waals surface area contributed by atoms with Crippen molar-refractivity contribution in [1.82, 2.24) is 0 Å². The topological polar surface area (TPSA) is 18.5 Å². The van der Waals surface area contributed by atoms with Crippen LogP contribution in [0, 0.1) is 0 Å². The predicted octanol–water partition coefficient (Wildman–Crippen LogP) is 4.76. The Balaban J connectivity index is 1.58. The lowest BCUT2D eigenvalue weighted by Crippen LogP contribution is -1.87. The second kappa shape index (κ2) is 9.82. The molecule has 4 heteroatoms. The number of rotatable bonds is 9. The first-order chi connectivity index (χ1) is 10.8. The van der Waals surface area contributed by atoms with Gasteiger partial charge in [-0.2, -0.15) is 0 Å². The van der Waals surface area contributed by atoms with E-state index in [9.17, 15) is 0 Å². The normalized spacial score (nSPS) is 11.5. The van der Waals surface area contributed by atoms with Crippen molar-refractivity contribution in [3.63, 3.8) is 0 Å². The van der Waals surface area contributed by atoms with Crippen LogP contribution in [0.2, 0.25) is 0 Å². The standard InChI is InChI=1S/C18H24O2P2/c1-19-17-7-3-15(4-8-17)13-21-11-12-22-14-16-5-9-18(20-2)10-6-16/h3-10,21-22H,11-14H2,1-2H3. The highest BCUT2D eigenvalue weighted by atomic mass is 31.1. The molecular formula is C18H24O2P2. The fourth-order valence-corrected chi connectivity index (χ4v) is 4.95. The van der Waals surface area contributed by atoms with Gasteiger partial charge in [0.05, 0.1) is 14.2 Å². The molecule has 2 aromatic carbocycles. The van der Waals surface area contributed by atoms with Crippen LogP contribution in [-0.2, 0) is 12.3 Å². The van der Waals surface area contributed by atoms with E-state index in [1.54, 1.807) is 14.2 Å². The van der Waals surface area contributed by atoms with Gasteiger partial charge in [-0.1, -0.05) is 24.3 Å². The van der Waals surface area contributed by atoms with Gasteiger partial charge in [-0.05, 0) is 60.0 Å². The van der Waals surface area contributed by atoms with Crippen LogP contribution in [0.25, 0.3) is 0 Å². The molecule has 0 aliphatic heterocycles. The van der Waals surface area contributed by atoms with Crippen molar-refractivity contribution >= 4 is 17.2 Å². The minimum Gasteiger partial charge on any atom is -0.497 e. The second-order valence-corrected chi connectivity index (χ2v) is 7.76. The van der Waals surface area contributed by atoms with Crippen LogP contribution in [0.15, 0.2) is 48.5 Å². The summed E-state index contributed by atoms with van der Waals surface area (Å²) in [4.78, 5) is 0. The molecule has 0 fully saturated rings. The highest BCUT2D eigenvalue weighted by Gasteiger charge is 1.97. The van der Waals surface area contributed by atoms with Gasteiger partial charge in [-0.25, -0.2) is 0 Å². The largest absolute Gasteiger partial charge is 0.497 e. The van der Waals surface area contributed by atoms with E-state index in [2.05, 4.69) is 24.3 Å². The van der Waals surface area contributed by atoms with E-state index in [1.807, 2.05) is 24.3 Å². The lowest BCUT2D eigenvalue weighted by molar-refractivity contribution is 0.414. The van der Waals surface area contributed by atoms with Gasteiger partial charge in [0.1, 0.15) is 11.5 Å². The molecule has 0 saturated heterocycles. The van der Waals surface area contributed by atoms with Crippen LogP contribution in [0.5, 0.6) is 11.5 Å². The Kier molecular flexibility index (Phi) is 7.71. The Morgan fingerprint density at radius 3 is 1.32 bits per heavy atom. The van der Waals surface area contributed by atoms with Crippen LogP contribution in [0.1, 0.15) is 11.1 Å². The summed E-state index contributed by atoms with van der Waals surface area (Å²) in [5.41, 5.74) is 2.83. The molecular weight excluding hydrogens is 310 g/mol. The molecule has 0 bridgehead atoms. The zero-order valence-electron chi connectivity index (χ0n) is 13.3. The number of methoxy groups -OCH3 is 2. The molecule has 2 nitrogen and oxygen atoms in total. The van der Waals surface area contributed by atoms with Gasteiger partial charge >= 0.3 is 0 Å². The van der Waals surface area contributed by atoms with Crippen molar-refractivity contribution in [2.45, 2.75) is 12.3 Å². The summed E-state index contributed by atoms with van der Waals surface area (Å²) in [6, 6.07) is 16.9. The summed E-state index contributed by atoms with van der Waals surface area (Å²) in [7, 11) is 5.46. The molecule has 0 amide bonds. The Bertz CT molecular complexity index is 487. The fraction of sp³-hybridized carbons (Fsp3) is 0.333. The van der Waals surface area contributed by atoms with Gasteiger partial charge in [-0.3, -0.25) is 0 Å². The monoisotopic (exact) mass is 334 g/mol. The van der Waals surface area contributed by atoms with Crippen LogP contribution in [0.3, 0.4) is 0 Å². The Morgan fingerprint density at radius 2 is 1.00 bits per heavy atom. The van der Waals surface area contributed by atoms with E-state index in [4.69, 9.17) is 9.47 Å². The van der Waals surface area contributed by atoms with Gasteiger partial charge in [0.2, 0.25) is 0 Å². The molecule has 0 heterocycles. The molecule has 2 aromatic rings. The minimum atomic E-state index is 0.938. The van der Waals surface area contributed by atoms with Gasteiger partial charge in [0.25, 0.3) is 0 Å². The molecule has 0 aromatic heterocycles. The Hall–Kier alpha value is -1.10. The maximum absolute atomic E-state index is 5.18. The van der Waals surface area contributed by atoms with E-state index in [-0.39, 0.29) is 0 Å². The van der Waals surface area contributed by atoms with Crippen LogP contribution < -0.4 is 9.47 Å². The van der Waals surface area contributed by atoms with E-state index in [1.165, 1.54) is 35.8 Å². The molecule has 0 saturated carbocycles. The average Bonchev–Trinajstić information content (AvgIpc) is 2.59. The molecule has 2 atom stereocenters. The van der Waals surface area contributed by atoms with E-state index in [0.29, 0.717) is 0 Å². The molecule has 2 unspecified atom stereocenters. The number of hydrogen-bond acceptors (Lipinski definition) is 2. The summed E-state index contributed by atoms with van der Waals surface area (Å²) >= 11 is 0. The van der Waals surface area contributed by atoms with Gasteiger partial charge < -0.3 is 9.47 Å². The molecule has 2 rings (SSSR count). The molecule has 22 heavy (non-hydrogen) atoms. The maximum atomic E-state index is 5.18. The van der Waals surface area contributed by atoms with E-state index in [0.717, 1.165) is 28.7 Å². The summed E-state index contributed by atoms with van der Waals surface area (Å²) in [6.45, 7) is 0. The molecule has 0 radical (unpaired) electrons. The van der Waals surface area contributed by atoms with Gasteiger partial charge in [-0.15, -0.1) is 17.2 Å². The molecule has 0 aliphatic rings. The van der Waals surface area contributed by atoms with E-state index < -0.39 is 0 Å². The van der Waals surface area contributed by atoms with Gasteiger partial charge in [0, 0.05) is 0 Å². The minimum absolute atomic E-state index is 0.938. The Labute approximate surface area is 137 Å². The predicted molar refractivity (Wildman–Crippen MR) is 99.8 cm³/mol. The van der Waals surface area contributed by atoms with Crippen LogP contribution in [0.4, 0.5) is 0 Å². The van der Waals surface area contributed by atoms with Crippen molar-refractivity contribution in [3.05, 3.63) is 59.7 Å². The molecule has 0 spiro atoms. The van der Waals surface area contributed by atoms with Crippen molar-refractivity contribution in [2.24, 2.45) is 0 Å². The number of ether oxygens (including phenoxy) is 2. The third-order valence-electron chi connectivity index (χ3n) is 3.45. The molecule has 118 valence electrons. The molecule has 0 aliphatic carbocycles. The third-order valence-corrected chi connectivity index (χ3v) is 6.48. The Morgan fingerprint density at radius 1 is 0.636 bits per heavy atom. The number of benzene rings is 2. The highest BCUT2D eigenvalue weighted by Crippen LogP contribution is 2.26. The SMILES string of the molecule is COc1ccc(CPCCPCc2ccc(OC)cc2)cc1. The number of hydrogen-bond donors (Lipinski definition) is 0. The average molecular weight is 334 g/mol. The maximum Gasteiger partial charge on any atom is 0.118 e. The first-order valence-electron chi connectivity index (χ1n) is 7.49. The lowest BCUT2D eigenvalue weighted by Gasteiger charge is -2.05. The zero-order chi connectivity index (χ0) is 15.6. The first kappa shape index (κ1) is 17.3. The zero-order valence-corrected chi connectivity index (χ0v) is 15.3. The summed E-state index contributed by atoms with van der Waals surface area (Å²) in [5, 5.41) is 0. The summed E-state index contributed by atoms with van der Waals surface area (Å²) in [5.74, 6) is 1.88.